The van der Waals surface area contributed by atoms with Crippen LogP contribution in [0.2, 0.25) is 0 Å². The van der Waals surface area contributed by atoms with Gasteiger partial charge in [0.2, 0.25) is 0 Å². The van der Waals surface area contributed by atoms with Crippen molar-refractivity contribution in [2.75, 3.05) is 0 Å². The zero-order chi connectivity index (χ0) is 12.5. The predicted molar refractivity (Wildman–Crippen MR) is 71.8 cm³/mol. The molecule has 0 spiro atoms. The minimum atomic E-state index is 0.00150. The van der Waals surface area contributed by atoms with Gasteiger partial charge in [0.05, 0.1) is 6.04 Å². The molecule has 0 fully saturated rings. The monoisotopic (exact) mass is 231 g/mol. The number of hydrogen-bond acceptors (Lipinski definition) is 2. The highest BCUT2D eigenvalue weighted by atomic mass is 16.3. The lowest BCUT2D eigenvalue weighted by Crippen LogP contribution is -2.14. The number of rotatable bonds is 3. The van der Waals surface area contributed by atoms with E-state index in [0.717, 1.165) is 29.6 Å². The summed E-state index contributed by atoms with van der Waals surface area (Å²) < 4.78 is 5.77. The highest BCUT2D eigenvalue weighted by molar-refractivity contribution is 5.77. The zero-order valence-corrected chi connectivity index (χ0v) is 10.9. The van der Waals surface area contributed by atoms with Gasteiger partial charge in [-0.2, -0.15) is 0 Å². The second kappa shape index (κ2) is 4.53. The van der Waals surface area contributed by atoms with Gasteiger partial charge in [0.1, 0.15) is 11.3 Å². The van der Waals surface area contributed by atoms with Crippen molar-refractivity contribution in [3.8, 4) is 0 Å². The average Bonchev–Trinajstić information content (AvgIpc) is 2.68. The molecule has 0 radical (unpaired) electrons. The van der Waals surface area contributed by atoms with Gasteiger partial charge < -0.3 is 10.2 Å². The Balaban J connectivity index is 2.11. The lowest BCUT2D eigenvalue weighted by atomic mass is 9.88. The number of furan rings is 1. The summed E-state index contributed by atoms with van der Waals surface area (Å²) in [6.07, 6.45) is 2.06. The average molecular weight is 231 g/mol. The first kappa shape index (κ1) is 12.2. The number of nitrogens with two attached hydrogens (primary N) is 1. The van der Waals surface area contributed by atoms with Gasteiger partial charge in [-0.15, -0.1) is 0 Å². The molecule has 0 saturated heterocycles. The molecule has 2 heteroatoms. The van der Waals surface area contributed by atoms with Crippen molar-refractivity contribution in [2.45, 2.75) is 39.7 Å². The summed E-state index contributed by atoms with van der Waals surface area (Å²) in [5, 5.41) is 1.13. The normalized spacial score (nSPS) is 14.1. The second-order valence-corrected chi connectivity index (χ2v) is 5.89. The molecule has 1 aromatic heterocycles. The molecule has 17 heavy (non-hydrogen) atoms. The van der Waals surface area contributed by atoms with Crippen LogP contribution in [0.15, 0.2) is 34.7 Å². The van der Waals surface area contributed by atoms with E-state index in [1.807, 2.05) is 18.2 Å². The molecule has 92 valence electrons. The first-order valence-corrected chi connectivity index (χ1v) is 6.20. The molecule has 0 aliphatic carbocycles. The summed E-state index contributed by atoms with van der Waals surface area (Å²) in [6, 6.07) is 10.1. The van der Waals surface area contributed by atoms with Gasteiger partial charge >= 0.3 is 0 Å². The summed E-state index contributed by atoms with van der Waals surface area (Å²) in [7, 11) is 0. The Labute approximate surface area is 103 Å². The first-order valence-electron chi connectivity index (χ1n) is 6.20. The van der Waals surface area contributed by atoms with Gasteiger partial charge in [0, 0.05) is 5.39 Å². The smallest absolute Gasteiger partial charge is 0.134 e. The molecule has 2 nitrogen and oxygen atoms in total. The Morgan fingerprint density at radius 3 is 2.59 bits per heavy atom. The third kappa shape index (κ3) is 3.10. The van der Waals surface area contributed by atoms with Crippen molar-refractivity contribution in [3.63, 3.8) is 0 Å². The molecule has 0 amide bonds. The molecule has 0 bridgehead atoms. The van der Waals surface area contributed by atoms with Crippen LogP contribution < -0.4 is 5.73 Å². The number of para-hydroxylation sites is 1. The minimum Gasteiger partial charge on any atom is -0.459 e. The summed E-state index contributed by atoms with van der Waals surface area (Å²) in [4.78, 5) is 0. The molecular weight excluding hydrogens is 210 g/mol. The van der Waals surface area contributed by atoms with Crippen LogP contribution in [-0.4, -0.2) is 0 Å². The van der Waals surface area contributed by atoms with Crippen LogP contribution in [-0.2, 0) is 0 Å². The maximum absolute atomic E-state index is 6.17. The van der Waals surface area contributed by atoms with E-state index >= 15 is 0 Å². The van der Waals surface area contributed by atoms with E-state index < -0.39 is 0 Å². The van der Waals surface area contributed by atoms with E-state index in [1.54, 1.807) is 0 Å². The van der Waals surface area contributed by atoms with E-state index in [1.165, 1.54) is 0 Å². The SMILES string of the molecule is CC(C)(C)CCC(N)c1cc2ccccc2o1. The molecule has 1 unspecified atom stereocenters. The van der Waals surface area contributed by atoms with Gasteiger partial charge in [0.15, 0.2) is 0 Å². The van der Waals surface area contributed by atoms with Crippen molar-refractivity contribution in [1.82, 2.24) is 0 Å². The largest absolute Gasteiger partial charge is 0.459 e. The number of benzene rings is 1. The standard InChI is InChI=1S/C15H21NO/c1-15(2,3)9-8-12(16)14-10-11-6-4-5-7-13(11)17-14/h4-7,10,12H,8-9,16H2,1-3H3. The number of hydrogen-bond donors (Lipinski definition) is 1. The van der Waals surface area contributed by atoms with Crippen molar-refractivity contribution >= 4 is 11.0 Å². The molecule has 0 aliphatic rings. The molecule has 2 rings (SSSR count). The maximum Gasteiger partial charge on any atom is 0.134 e. The summed E-state index contributed by atoms with van der Waals surface area (Å²) in [5.74, 6) is 0.899. The highest BCUT2D eigenvalue weighted by Gasteiger charge is 2.16. The van der Waals surface area contributed by atoms with Gasteiger partial charge in [-0.05, 0) is 30.4 Å². The Hall–Kier alpha value is -1.28. The van der Waals surface area contributed by atoms with E-state index in [0.29, 0.717) is 5.41 Å². The lowest BCUT2D eigenvalue weighted by molar-refractivity contribution is 0.337. The quantitative estimate of drug-likeness (QED) is 0.857. The summed E-state index contributed by atoms with van der Waals surface area (Å²) in [6.45, 7) is 6.70. The van der Waals surface area contributed by atoms with Crippen LogP contribution in [0.25, 0.3) is 11.0 Å². The zero-order valence-electron chi connectivity index (χ0n) is 10.9. The fraction of sp³-hybridized carbons (Fsp3) is 0.467. The minimum absolute atomic E-state index is 0.00150. The molecule has 2 aromatic rings. The molecule has 1 aromatic carbocycles. The fourth-order valence-corrected chi connectivity index (χ4v) is 1.92. The van der Waals surface area contributed by atoms with Crippen LogP contribution in [0.1, 0.15) is 45.4 Å². The molecule has 1 atom stereocenters. The number of fused-ring (bicyclic) bond motifs is 1. The second-order valence-electron chi connectivity index (χ2n) is 5.89. The van der Waals surface area contributed by atoms with Crippen LogP contribution in [0, 0.1) is 5.41 Å². The van der Waals surface area contributed by atoms with Crippen molar-refractivity contribution in [3.05, 3.63) is 36.1 Å². The third-order valence-corrected chi connectivity index (χ3v) is 3.02. The van der Waals surface area contributed by atoms with Crippen molar-refractivity contribution in [1.29, 1.82) is 0 Å². The van der Waals surface area contributed by atoms with E-state index in [-0.39, 0.29) is 6.04 Å². The molecule has 0 saturated carbocycles. The Kier molecular flexibility index (Phi) is 3.25. The Morgan fingerprint density at radius 2 is 1.94 bits per heavy atom. The van der Waals surface area contributed by atoms with Gasteiger partial charge in [-0.3, -0.25) is 0 Å². The topological polar surface area (TPSA) is 39.2 Å². The Bertz CT molecular complexity index is 460. The third-order valence-electron chi connectivity index (χ3n) is 3.02. The van der Waals surface area contributed by atoms with E-state index in [4.69, 9.17) is 10.2 Å². The molecule has 2 N–H and O–H groups in total. The van der Waals surface area contributed by atoms with Crippen LogP contribution in [0.3, 0.4) is 0 Å². The van der Waals surface area contributed by atoms with E-state index in [2.05, 4.69) is 32.9 Å². The predicted octanol–water partition coefficient (Wildman–Crippen LogP) is 4.26. The molecule has 1 heterocycles. The van der Waals surface area contributed by atoms with Gasteiger partial charge in [-0.25, -0.2) is 0 Å². The van der Waals surface area contributed by atoms with Crippen LogP contribution >= 0.6 is 0 Å². The van der Waals surface area contributed by atoms with E-state index in [9.17, 15) is 0 Å². The fourth-order valence-electron chi connectivity index (χ4n) is 1.92. The summed E-state index contributed by atoms with van der Waals surface area (Å²) in [5.41, 5.74) is 7.42. The van der Waals surface area contributed by atoms with Crippen molar-refractivity contribution < 1.29 is 4.42 Å². The van der Waals surface area contributed by atoms with Gasteiger partial charge in [-0.1, -0.05) is 39.0 Å². The first-order chi connectivity index (χ1) is 7.96. The van der Waals surface area contributed by atoms with Crippen molar-refractivity contribution in [2.24, 2.45) is 11.1 Å². The summed E-state index contributed by atoms with van der Waals surface area (Å²) >= 11 is 0. The maximum atomic E-state index is 6.17. The highest BCUT2D eigenvalue weighted by Crippen LogP contribution is 2.29. The molecule has 0 aliphatic heterocycles. The van der Waals surface area contributed by atoms with Crippen LogP contribution in [0.5, 0.6) is 0 Å². The molecular formula is C15H21NO. The Morgan fingerprint density at radius 1 is 1.24 bits per heavy atom. The van der Waals surface area contributed by atoms with Crippen LogP contribution in [0.4, 0.5) is 0 Å². The lowest BCUT2D eigenvalue weighted by Gasteiger charge is -2.19. The van der Waals surface area contributed by atoms with Gasteiger partial charge in [0.25, 0.3) is 0 Å².